The Morgan fingerprint density at radius 2 is 0.500 bits per heavy atom. The van der Waals surface area contributed by atoms with Crippen LogP contribution in [0.15, 0.2) is 0 Å². The Morgan fingerprint density at radius 3 is 0.500 bits per heavy atom. The van der Waals surface area contributed by atoms with Crippen molar-refractivity contribution in [3.8, 4) is 0 Å². The average Bonchev–Trinajstić information content (AvgIpc) is 2.74. The summed E-state index contributed by atoms with van der Waals surface area (Å²) in [5.41, 5.74) is -1.62. The average molecular weight is 601 g/mol. The predicted molar refractivity (Wildman–Crippen MR) is 129 cm³/mol. The minimum absolute atomic E-state index is 0. The fourth-order valence-electron chi connectivity index (χ4n) is 1.50. The second-order valence-electron chi connectivity index (χ2n) is 8.90. The second kappa shape index (κ2) is 21.6. The summed E-state index contributed by atoms with van der Waals surface area (Å²) in [4.78, 5) is 0. The van der Waals surface area contributed by atoms with Crippen LogP contribution in [0.5, 0.6) is 0 Å². The summed E-state index contributed by atoms with van der Waals surface area (Å²) < 4.78 is 0. The van der Waals surface area contributed by atoms with Crippen molar-refractivity contribution in [3.63, 3.8) is 0 Å². The van der Waals surface area contributed by atoms with Crippen LogP contribution in [0.3, 0.4) is 0 Å². The summed E-state index contributed by atoms with van der Waals surface area (Å²) >= 11 is 0. The molecule has 0 aliphatic carbocycles. The van der Waals surface area contributed by atoms with E-state index < -0.39 is 16.8 Å². The molecule has 4 N–H and O–H groups in total. The molecule has 0 fully saturated rings. The van der Waals surface area contributed by atoms with Crippen LogP contribution in [0.1, 0.15) is 141 Å². The van der Waals surface area contributed by atoms with Gasteiger partial charge in [-0.15, -0.1) is 0 Å². The van der Waals surface area contributed by atoms with E-state index in [1.807, 2.05) is 83.1 Å². The van der Waals surface area contributed by atoms with Gasteiger partial charge in [-0.05, 0) is 78.6 Å². The fraction of sp³-hybridized carbons (Fsp3) is 1.00. The number of rotatable bonds is 9. The van der Waals surface area contributed by atoms with Crippen LogP contribution >= 0.6 is 0 Å². The monoisotopic (exact) mass is 602 g/mol. The van der Waals surface area contributed by atoms with Gasteiger partial charge in [0.2, 0.25) is 0 Å². The van der Waals surface area contributed by atoms with E-state index in [-0.39, 0.29) is 31.4 Å². The summed E-state index contributed by atoms with van der Waals surface area (Å²) in [6.07, 6.45) is 7.73. The molecule has 0 aromatic carbocycles. The Bertz CT molecular complexity index is 274. The molecule has 0 aromatic rings. The van der Waals surface area contributed by atoms with Crippen LogP contribution in [-0.4, -0.2) is 42.8 Å². The smallest absolute Gasteiger partial charge is 0.0640 e. The van der Waals surface area contributed by atoms with E-state index in [2.05, 4.69) is 0 Å². The van der Waals surface area contributed by atoms with Gasteiger partial charge in [0, 0.05) is 25.8 Å². The molecule has 0 radical (unpaired) electrons. The van der Waals surface area contributed by atoms with Crippen molar-refractivity contribution >= 4 is 0 Å². The van der Waals surface area contributed by atoms with Gasteiger partial charge in [0.05, 0.1) is 22.4 Å². The van der Waals surface area contributed by atoms with Crippen LogP contribution in [0.4, 0.5) is 0 Å². The third-order valence-electron chi connectivity index (χ3n) is 6.54. The third-order valence-corrected chi connectivity index (χ3v) is 6.54. The van der Waals surface area contributed by atoms with Crippen molar-refractivity contribution in [2.45, 2.75) is 163 Å². The van der Waals surface area contributed by atoms with E-state index in [0.717, 1.165) is 57.8 Å². The van der Waals surface area contributed by atoms with Gasteiger partial charge in [0.25, 0.3) is 0 Å². The third kappa shape index (κ3) is 28.7. The second-order valence-corrected chi connectivity index (χ2v) is 8.90. The minimum Gasteiger partial charge on any atom is -0.390 e. The Balaban J connectivity index is -0.0000000917. The van der Waals surface area contributed by atoms with Crippen molar-refractivity contribution in [2.24, 2.45) is 0 Å². The molecule has 0 aliphatic rings. The Hall–Kier alpha value is 0.710. The van der Waals surface area contributed by atoms with E-state index in [4.69, 9.17) is 15.3 Å². The van der Waals surface area contributed by atoms with Crippen LogP contribution in [0, 0.1) is 0 Å². The molecule has 0 rings (SSSR count). The zero-order chi connectivity index (χ0) is 24.4. The van der Waals surface area contributed by atoms with Crippen molar-refractivity contribution in [3.05, 3.63) is 0 Å². The van der Waals surface area contributed by atoms with E-state index in [1.165, 1.54) is 0 Å². The van der Waals surface area contributed by atoms with Crippen LogP contribution in [0.2, 0.25) is 0 Å². The maximum Gasteiger partial charge on any atom is 0.0640 e. The number of hydrogen-bond donors (Lipinski definition) is 4. The number of hydrogen-bond acceptors (Lipinski definition) is 4. The topological polar surface area (TPSA) is 80.9 Å². The van der Waals surface area contributed by atoms with Gasteiger partial charge in [-0.2, -0.15) is 0 Å². The molecule has 0 aromatic heterocycles. The Morgan fingerprint density at radius 1 is 0.367 bits per heavy atom. The van der Waals surface area contributed by atoms with Gasteiger partial charge < -0.3 is 20.4 Å². The molecule has 0 bridgehead atoms. The van der Waals surface area contributed by atoms with Gasteiger partial charge in [-0.3, -0.25) is 0 Å². The minimum atomic E-state index is -0.417. The molecule has 0 atom stereocenters. The van der Waals surface area contributed by atoms with E-state index in [1.54, 1.807) is 0 Å². The first-order valence-corrected chi connectivity index (χ1v) is 11.9. The molecule has 0 aliphatic heterocycles. The van der Waals surface area contributed by atoms with E-state index in [0.29, 0.717) is 0 Å². The van der Waals surface area contributed by atoms with Crippen LogP contribution in [-0.2, 0) is 25.8 Å². The summed E-state index contributed by atoms with van der Waals surface area (Å²) in [5, 5.41) is 36.8. The summed E-state index contributed by atoms with van der Waals surface area (Å²) in [7, 11) is 0. The molecule has 30 heavy (non-hydrogen) atoms. The first kappa shape index (κ1) is 41.0. The molecule has 0 spiro atoms. The molecule has 0 saturated carbocycles. The largest absolute Gasteiger partial charge is 0.390 e. The Labute approximate surface area is 209 Å². The first-order valence-electron chi connectivity index (χ1n) is 11.9. The molecular formula is C25H58HfO4. The molecule has 4 nitrogen and oxygen atoms in total. The SMILES string of the molecule is CCC(C)(O)CC.CCC(C)(O)CC.CCC(C)(O)CC.CCC(O)(CC)CC.[Hf]. The van der Waals surface area contributed by atoms with Crippen LogP contribution < -0.4 is 0 Å². The van der Waals surface area contributed by atoms with Gasteiger partial charge in [0.15, 0.2) is 0 Å². The molecule has 0 heterocycles. The maximum absolute atomic E-state index is 9.44. The maximum atomic E-state index is 9.44. The summed E-state index contributed by atoms with van der Waals surface area (Å²) in [6, 6.07) is 0. The van der Waals surface area contributed by atoms with Gasteiger partial charge in [0.1, 0.15) is 0 Å². The zero-order valence-electron chi connectivity index (χ0n) is 22.7. The normalized spacial score (nSPS) is 11.6. The molecule has 5 heteroatoms. The summed E-state index contributed by atoms with van der Waals surface area (Å²) in [6.45, 7) is 23.6. The molecule has 0 saturated heterocycles. The first-order chi connectivity index (χ1) is 13.0. The fourth-order valence-corrected chi connectivity index (χ4v) is 1.50. The predicted octanol–water partition coefficient (Wildman–Crippen LogP) is 6.62. The summed E-state index contributed by atoms with van der Waals surface area (Å²) in [5.74, 6) is 0. The van der Waals surface area contributed by atoms with Crippen molar-refractivity contribution in [1.82, 2.24) is 0 Å². The van der Waals surface area contributed by atoms with Crippen molar-refractivity contribution in [1.29, 1.82) is 0 Å². The van der Waals surface area contributed by atoms with E-state index >= 15 is 0 Å². The Kier molecular flexibility index (Phi) is 29.5. The zero-order valence-corrected chi connectivity index (χ0v) is 26.2. The van der Waals surface area contributed by atoms with Crippen molar-refractivity contribution < 1.29 is 46.3 Å². The molecule has 0 unspecified atom stereocenters. The van der Waals surface area contributed by atoms with Gasteiger partial charge in [-0.25, -0.2) is 0 Å². The van der Waals surface area contributed by atoms with Crippen molar-refractivity contribution in [2.75, 3.05) is 0 Å². The molecule has 186 valence electrons. The van der Waals surface area contributed by atoms with Gasteiger partial charge >= 0.3 is 0 Å². The van der Waals surface area contributed by atoms with E-state index in [9.17, 15) is 5.11 Å². The molecular weight excluding hydrogens is 543 g/mol. The standard InChI is InChI=1S/C7H16O.3C6H14O.Hf/c1-4-7(8,5-2)6-3;3*1-4-6(3,7)5-2;/h8H,4-6H2,1-3H3;3*7H,4-5H2,1-3H3;. The van der Waals surface area contributed by atoms with Gasteiger partial charge in [-0.1, -0.05) is 62.3 Å². The van der Waals surface area contributed by atoms with Crippen LogP contribution in [0.25, 0.3) is 0 Å². The quantitative estimate of drug-likeness (QED) is 0.224. The molecule has 0 amide bonds. The number of aliphatic hydroxyl groups is 4.